The highest BCUT2D eigenvalue weighted by molar-refractivity contribution is 5.55. The first-order valence-electron chi connectivity index (χ1n) is 6.05. The smallest absolute Gasteiger partial charge is 0.125 e. The van der Waals surface area contributed by atoms with Crippen molar-refractivity contribution in [1.82, 2.24) is 0 Å². The highest BCUT2D eigenvalue weighted by Gasteiger charge is 2.16. The molecule has 94 valence electrons. The van der Waals surface area contributed by atoms with Gasteiger partial charge < -0.3 is 20.5 Å². The number of hydrogen-bond donors (Lipinski definition) is 2. The number of hydrogen-bond acceptors (Lipinski definition) is 4. The van der Waals surface area contributed by atoms with E-state index in [0.29, 0.717) is 0 Å². The molecule has 4 nitrogen and oxygen atoms in total. The zero-order valence-electron chi connectivity index (χ0n) is 10.2. The van der Waals surface area contributed by atoms with Crippen LogP contribution in [0.15, 0.2) is 18.2 Å². The number of nitrogens with zero attached hydrogens (tertiary/aromatic N) is 1. The third-order valence-electron chi connectivity index (χ3n) is 3.28. The largest absolute Gasteiger partial charge is 0.496 e. The maximum absolute atomic E-state index is 9.10. The summed E-state index contributed by atoms with van der Waals surface area (Å²) in [7, 11) is 1.64. The Balaban J connectivity index is 2.26. The molecule has 1 aromatic carbocycles. The minimum absolute atomic E-state index is 0.0700. The highest BCUT2D eigenvalue weighted by atomic mass is 16.5. The average Bonchev–Trinajstić information content (AvgIpc) is 2.91. The number of benzene rings is 1. The Hall–Kier alpha value is -1.26. The number of methoxy groups -OCH3 is 1. The number of aliphatic hydroxyl groups is 1. The average molecular weight is 236 g/mol. The number of ether oxygens (including phenoxy) is 1. The fourth-order valence-electron chi connectivity index (χ4n) is 2.28. The Morgan fingerprint density at radius 1 is 1.41 bits per heavy atom. The summed E-state index contributed by atoms with van der Waals surface area (Å²) >= 11 is 0. The second kappa shape index (κ2) is 5.38. The Morgan fingerprint density at radius 2 is 2.12 bits per heavy atom. The summed E-state index contributed by atoms with van der Waals surface area (Å²) < 4.78 is 5.35. The van der Waals surface area contributed by atoms with Gasteiger partial charge in [-0.25, -0.2) is 0 Å². The van der Waals surface area contributed by atoms with E-state index in [1.165, 1.54) is 18.5 Å². The van der Waals surface area contributed by atoms with E-state index in [1.807, 2.05) is 12.1 Å². The van der Waals surface area contributed by atoms with Gasteiger partial charge in [0.25, 0.3) is 0 Å². The van der Waals surface area contributed by atoms with E-state index in [-0.39, 0.29) is 12.6 Å². The summed E-state index contributed by atoms with van der Waals surface area (Å²) in [6.07, 6.45) is 2.50. The van der Waals surface area contributed by atoms with Crippen molar-refractivity contribution in [3.8, 4) is 5.75 Å². The minimum Gasteiger partial charge on any atom is -0.496 e. The number of aliphatic hydroxyl groups excluding tert-OH is 1. The first-order valence-corrected chi connectivity index (χ1v) is 6.05. The molecule has 17 heavy (non-hydrogen) atoms. The Bertz CT molecular complexity index is 376. The molecule has 0 radical (unpaired) electrons. The van der Waals surface area contributed by atoms with Gasteiger partial charge in [-0.2, -0.15) is 0 Å². The molecule has 1 atom stereocenters. The van der Waals surface area contributed by atoms with Gasteiger partial charge in [0.1, 0.15) is 5.75 Å². The maximum Gasteiger partial charge on any atom is 0.125 e. The van der Waals surface area contributed by atoms with E-state index in [2.05, 4.69) is 11.0 Å². The third kappa shape index (κ3) is 2.53. The van der Waals surface area contributed by atoms with E-state index in [1.54, 1.807) is 7.11 Å². The lowest BCUT2D eigenvalue weighted by atomic mass is 10.1. The van der Waals surface area contributed by atoms with Crippen molar-refractivity contribution in [3.05, 3.63) is 23.8 Å². The van der Waals surface area contributed by atoms with Crippen LogP contribution in [0.4, 0.5) is 5.69 Å². The molecule has 1 heterocycles. The lowest BCUT2D eigenvalue weighted by Crippen LogP contribution is -2.19. The van der Waals surface area contributed by atoms with Crippen molar-refractivity contribution < 1.29 is 9.84 Å². The molecule has 0 spiro atoms. The SMILES string of the molecule is COc1cc(N2CCCC2)ccc1[C@H](N)CO. The van der Waals surface area contributed by atoms with Crippen LogP contribution in [0.1, 0.15) is 24.4 Å². The fraction of sp³-hybridized carbons (Fsp3) is 0.538. The monoisotopic (exact) mass is 236 g/mol. The predicted octanol–water partition coefficient (Wildman–Crippen LogP) is 1.29. The van der Waals surface area contributed by atoms with Gasteiger partial charge in [-0.1, -0.05) is 6.07 Å². The van der Waals surface area contributed by atoms with Crippen molar-refractivity contribution in [2.24, 2.45) is 5.73 Å². The van der Waals surface area contributed by atoms with Crippen LogP contribution in [0.2, 0.25) is 0 Å². The van der Waals surface area contributed by atoms with E-state index in [9.17, 15) is 0 Å². The van der Waals surface area contributed by atoms with Gasteiger partial charge in [0, 0.05) is 30.4 Å². The van der Waals surface area contributed by atoms with Crippen molar-refractivity contribution in [2.75, 3.05) is 31.7 Å². The molecule has 0 bridgehead atoms. The van der Waals surface area contributed by atoms with Gasteiger partial charge in [0.2, 0.25) is 0 Å². The zero-order valence-corrected chi connectivity index (χ0v) is 10.2. The summed E-state index contributed by atoms with van der Waals surface area (Å²) in [5, 5.41) is 9.10. The molecule has 0 aromatic heterocycles. The number of anilines is 1. The van der Waals surface area contributed by atoms with Gasteiger partial charge in [0.15, 0.2) is 0 Å². The molecule has 3 N–H and O–H groups in total. The van der Waals surface area contributed by atoms with Gasteiger partial charge >= 0.3 is 0 Å². The Labute approximate surface area is 102 Å². The summed E-state index contributed by atoms with van der Waals surface area (Å²) in [5.41, 5.74) is 7.86. The van der Waals surface area contributed by atoms with Crippen LogP contribution in [0, 0.1) is 0 Å². The molecule has 1 saturated heterocycles. The summed E-state index contributed by atoms with van der Waals surface area (Å²) in [6, 6.07) is 5.64. The van der Waals surface area contributed by atoms with Crippen LogP contribution in [0.3, 0.4) is 0 Å². The molecule has 2 rings (SSSR count). The molecule has 1 fully saturated rings. The predicted molar refractivity (Wildman–Crippen MR) is 68.5 cm³/mol. The maximum atomic E-state index is 9.10. The van der Waals surface area contributed by atoms with Gasteiger partial charge in [-0.15, -0.1) is 0 Å². The third-order valence-corrected chi connectivity index (χ3v) is 3.28. The van der Waals surface area contributed by atoms with Gasteiger partial charge in [0.05, 0.1) is 19.8 Å². The van der Waals surface area contributed by atoms with Crippen molar-refractivity contribution in [3.63, 3.8) is 0 Å². The van der Waals surface area contributed by atoms with E-state index < -0.39 is 0 Å². The van der Waals surface area contributed by atoms with E-state index in [4.69, 9.17) is 15.6 Å². The van der Waals surface area contributed by atoms with Crippen molar-refractivity contribution in [1.29, 1.82) is 0 Å². The van der Waals surface area contributed by atoms with E-state index in [0.717, 1.165) is 24.4 Å². The quantitative estimate of drug-likeness (QED) is 0.827. The normalized spacial score (nSPS) is 17.2. The van der Waals surface area contributed by atoms with E-state index >= 15 is 0 Å². The lowest BCUT2D eigenvalue weighted by Gasteiger charge is -2.21. The van der Waals surface area contributed by atoms with Crippen LogP contribution in [-0.2, 0) is 0 Å². The van der Waals surface area contributed by atoms with Gasteiger partial charge in [-0.05, 0) is 18.9 Å². The summed E-state index contributed by atoms with van der Waals surface area (Å²) in [5.74, 6) is 0.760. The second-order valence-corrected chi connectivity index (χ2v) is 4.41. The minimum atomic E-state index is -0.377. The first-order chi connectivity index (χ1) is 8.26. The van der Waals surface area contributed by atoms with Crippen LogP contribution < -0.4 is 15.4 Å². The van der Waals surface area contributed by atoms with Gasteiger partial charge in [-0.3, -0.25) is 0 Å². The second-order valence-electron chi connectivity index (χ2n) is 4.41. The molecular formula is C13H20N2O2. The molecule has 0 saturated carbocycles. The Morgan fingerprint density at radius 3 is 2.71 bits per heavy atom. The standard InChI is InChI=1S/C13H20N2O2/c1-17-13-8-10(15-6-2-3-7-15)4-5-11(13)12(14)9-16/h4-5,8,12,16H,2-3,6-7,9,14H2,1H3/t12-/m1/s1. The molecule has 1 aliphatic rings. The van der Waals surface area contributed by atoms with Crippen molar-refractivity contribution in [2.45, 2.75) is 18.9 Å². The summed E-state index contributed by atoms with van der Waals surface area (Å²) in [4.78, 5) is 2.34. The zero-order chi connectivity index (χ0) is 12.3. The molecule has 0 aliphatic carbocycles. The first kappa shape index (κ1) is 12.2. The van der Waals surface area contributed by atoms with Crippen molar-refractivity contribution >= 4 is 5.69 Å². The molecule has 0 amide bonds. The van der Waals surface area contributed by atoms with Crippen LogP contribution >= 0.6 is 0 Å². The number of nitrogens with two attached hydrogens (primary N) is 1. The topological polar surface area (TPSA) is 58.7 Å². The molecule has 0 unspecified atom stereocenters. The number of rotatable bonds is 4. The molecule has 1 aliphatic heterocycles. The van der Waals surface area contributed by atoms with Crippen LogP contribution in [0.25, 0.3) is 0 Å². The summed E-state index contributed by atoms with van der Waals surface area (Å²) in [6.45, 7) is 2.14. The molecule has 1 aromatic rings. The van der Waals surface area contributed by atoms with Crippen LogP contribution in [-0.4, -0.2) is 31.9 Å². The Kier molecular flexibility index (Phi) is 3.86. The molecular weight excluding hydrogens is 216 g/mol. The van der Waals surface area contributed by atoms with Crippen LogP contribution in [0.5, 0.6) is 5.75 Å². The molecule has 4 heteroatoms. The lowest BCUT2D eigenvalue weighted by molar-refractivity contribution is 0.264. The highest BCUT2D eigenvalue weighted by Crippen LogP contribution is 2.30. The fourth-order valence-corrected chi connectivity index (χ4v) is 2.28.